The average Bonchev–Trinajstić information content (AvgIpc) is 2.25. The van der Waals surface area contributed by atoms with Crippen LogP contribution in [0.5, 0.6) is 0 Å². The monoisotopic (exact) mass is 258 g/mol. The van der Waals surface area contributed by atoms with Crippen LogP contribution in [0, 0.1) is 17.8 Å². The molecule has 4 nitrogen and oxygen atoms in total. The van der Waals surface area contributed by atoms with E-state index in [-0.39, 0.29) is 0 Å². The van der Waals surface area contributed by atoms with E-state index in [1.54, 1.807) is 0 Å². The lowest BCUT2D eigenvalue weighted by atomic mass is 9.84. The van der Waals surface area contributed by atoms with Gasteiger partial charge in [-0.05, 0) is 18.8 Å². The number of hydrogen-bond donors (Lipinski definition) is 2. The molecule has 4 heteroatoms. The Labute approximate surface area is 109 Å². The van der Waals surface area contributed by atoms with Crippen molar-refractivity contribution in [3.8, 4) is 0 Å². The van der Waals surface area contributed by atoms with Gasteiger partial charge in [0.1, 0.15) is 0 Å². The Kier molecular flexibility index (Phi) is 8.42. The minimum atomic E-state index is -0.979. The van der Waals surface area contributed by atoms with Gasteiger partial charge in [0.05, 0.1) is 11.8 Å². The maximum atomic E-state index is 11.2. The zero-order valence-electron chi connectivity index (χ0n) is 11.7. The first-order valence-corrected chi connectivity index (χ1v) is 6.85. The van der Waals surface area contributed by atoms with Gasteiger partial charge in [-0.1, -0.05) is 46.5 Å². The van der Waals surface area contributed by atoms with Gasteiger partial charge in [0.25, 0.3) is 0 Å². The fourth-order valence-corrected chi connectivity index (χ4v) is 2.22. The molecule has 0 aromatic carbocycles. The Bertz CT molecular complexity index is 261. The largest absolute Gasteiger partial charge is 0.481 e. The normalized spacial score (nSPS) is 14.4. The summed E-state index contributed by atoms with van der Waals surface area (Å²) in [5.74, 6) is -2.83. The molecular weight excluding hydrogens is 232 g/mol. The van der Waals surface area contributed by atoms with E-state index in [1.807, 2.05) is 6.92 Å². The van der Waals surface area contributed by atoms with Crippen LogP contribution in [0.3, 0.4) is 0 Å². The van der Waals surface area contributed by atoms with Crippen LogP contribution in [-0.2, 0) is 9.59 Å². The summed E-state index contributed by atoms with van der Waals surface area (Å²) in [5, 5.41) is 18.3. The number of rotatable bonds is 10. The molecule has 2 unspecified atom stereocenters. The van der Waals surface area contributed by atoms with Crippen LogP contribution in [0.1, 0.15) is 59.3 Å². The van der Waals surface area contributed by atoms with E-state index in [0.717, 1.165) is 19.3 Å². The van der Waals surface area contributed by atoms with Gasteiger partial charge in [-0.25, -0.2) is 0 Å². The SMILES string of the molecule is CCCC(C(=O)O)C(CCCCC(C)C)C(=O)O. The first-order chi connectivity index (χ1) is 8.40. The molecule has 18 heavy (non-hydrogen) atoms. The third-order valence-electron chi connectivity index (χ3n) is 3.27. The molecule has 106 valence electrons. The van der Waals surface area contributed by atoms with Crippen LogP contribution < -0.4 is 0 Å². The number of carboxylic acids is 2. The molecule has 0 saturated heterocycles. The predicted molar refractivity (Wildman–Crippen MR) is 70.5 cm³/mol. The zero-order valence-corrected chi connectivity index (χ0v) is 11.7. The second-order valence-corrected chi connectivity index (χ2v) is 5.36. The van der Waals surface area contributed by atoms with Gasteiger partial charge in [-0.15, -0.1) is 0 Å². The lowest BCUT2D eigenvalue weighted by Gasteiger charge is -2.20. The molecule has 0 heterocycles. The Morgan fingerprint density at radius 1 is 0.889 bits per heavy atom. The fraction of sp³-hybridized carbons (Fsp3) is 0.857. The number of carbonyl (C=O) groups is 2. The van der Waals surface area contributed by atoms with Crippen LogP contribution in [0.4, 0.5) is 0 Å². The molecule has 0 spiro atoms. The summed E-state index contributed by atoms with van der Waals surface area (Å²) in [4.78, 5) is 22.3. The fourth-order valence-electron chi connectivity index (χ4n) is 2.22. The summed E-state index contributed by atoms with van der Waals surface area (Å²) in [7, 11) is 0. The summed E-state index contributed by atoms with van der Waals surface area (Å²) in [6.07, 6.45) is 4.45. The van der Waals surface area contributed by atoms with Crippen molar-refractivity contribution >= 4 is 11.9 Å². The summed E-state index contributed by atoms with van der Waals surface area (Å²) in [6.45, 7) is 6.14. The highest BCUT2D eigenvalue weighted by Gasteiger charge is 2.32. The molecule has 0 aromatic rings. The molecule has 0 radical (unpaired) electrons. The summed E-state index contributed by atoms with van der Waals surface area (Å²) < 4.78 is 0. The topological polar surface area (TPSA) is 74.6 Å². The highest BCUT2D eigenvalue weighted by molar-refractivity contribution is 5.79. The second-order valence-electron chi connectivity index (χ2n) is 5.36. The Morgan fingerprint density at radius 3 is 1.72 bits per heavy atom. The molecule has 0 amide bonds. The smallest absolute Gasteiger partial charge is 0.307 e. The Morgan fingerprint density at radius 2 is 1.33 bits per heavy atom. The highest BCUT2D eigenvalue weighted by Crippen LogP contribution is 2.25. The van der Waals surface area contributed by atoms with Crippen molar-refractivity contribution in [3.05, 3.63) is 0 Å². The van der Waals surface area contributed by atoms with Crippen molar-refractivity contribution in [2.75, 3.05) is 0 Å². The Balaban J connectivity index is 4.35. The Hall–Kier alpha value is -1.06. The molecule has 0 aliphatic heterocycles. The molecule has 0 aromatic heterocycles. The van der Waals surface area contributed by atoms with Crippen LogP contribution >= 0.6 is 0 Å². The van der Waals surface area contributed by atoms with E-state index < -0.39 is 23.8 Å². The molecule has 0 saturated carbocycles. The summed E-state index contributed by atoms with van der Waals surface area (Å²) in [5.41, 5.74) is 0. The molecular formula is C14H26O4. The van der Waals surface area contributed by atoms with Crippen molar-refractivity contribution in [3.63, 3.8) is 0 Å². The van der Waals surface area contributed by atoms with Crippen LogP contribution in [-0.4, -0.2) is 22.2 Å². The lowest BCUT2D eigenvalue weighted by Crippen LogP contribution is -2.29. The third-order valence-corrected chi connectivity index (χ3v) is 3.27. The van der Waals surface area contributed by atoms with Crippen LogP contribution in [0.25, 0.3) is 0 Å². The van der Waals surface area contributed by atoms with E-state index in [4.69, 9.17) is 10.2 Å². The quantitative estimate of drug-likeness (QED) is 0.589. The standard InChI is InChI=1S/C14H26O4/c1-4-7-11(13(15)16)12(14(17)18)9-6-5-8-10(2)3/h10-12H,4-9H2,1-3H3,(H,15,16)(H,17,18). The molecule has 2 N–H and O–H groups in total. The van der Waals surface area contributed by atoms with Crippen molar-refractivity contribution < 1.29 is 19.8 Å². The van der Waals surface area contributed by atoms with E-state index in [2.05, 4.69) is 13.8 Å². The summed E-state index contributed by atoms with van der Waals surface area (Å²) in [6, 6.07) is 0. The van der Waals surface area contributed by atoms with Crippen molar-refractivity contribution in [2.45, 2.75) is 59.3 Å². The second kappa shape index (κ2) is 8.95. The van der Waals surface area contributed by atoms with Gasteiger partial charge in [0.2, 0.25) is 0 Å². The maximum absolute atomic E-state index is 11.2. The molecule has 0 bridgehead atoms. The van der Waals surface area contributed by atoms with Crippen LogP contribution in [0.2, 0.25) is 0 Å². The van der Waals surface area contributed by atoms with Crippen molar-refractivity contribution in [1.29, 1.82) is 0 Å². The molecule has 0 fully saturated rings. The molecule has 0 aliphatic rings. The van der Waals surface area contributed by atoms with E-state index in [9.17, 15) is 9.59 Å². The average molecular weight is 258 g/mol. The van der Waals surface area contributed by atoms with E-state index in [0.29, 0.717) is 25.2 Å². The van der Waals surface area contributed by atoms with Crippen molar-refractivity contribution in [2.24, 2.45) is 17.8 Å². The van der Waals surface area contributed by atoms with Gasteiger partial charge in [0.15, 0.2) is 0 Å². The zero-order chi connectivity index (χ0) is 14.1. The minimum absolute atomic E-state index is 0.441. The predicted octanol–water partition coefficient (Wildman–Crippen LogP) is 3.40. The molecule has 2 atom stereocenters. The van der Waals surface area contributed by atoms with Crippen LogP contribution in [0.15, 0.2) is 0 Å². The third kappa shape index (κ3) is 6.62. The number of unbranched alkanes of at least 4 members (excludes halogenated alkanes) is 1. The van der Waals surface area contributed by atoms with Gasteiger partial charge in [-0.3, -0.25) is 9.59 Å². The van der Waals surface area contributed by atoms with Gasteiger partial charge in [0, 0.05) is 0 Å². The van der Waals surface area contributed by atoms with Gasteiger partial charge >= 0.3 is 11.9 Å². The maximum Gasteiger partial charge on any atom is 0.307 e. The molecule has 0 aliphatic carbocycles. The van der Waals surface area contributed by atoms with Crippen molar-refractivity contribution in [1.82, 2.24) is 0 Å². The van der Waals surface area contributed by atoms with E-state index >= 15 is 0 Å². The highest BCUT2D eigenvalue weighted by atomic mass is 16.4. The lowest BCUT2D eigenvalue weighted by molar-refractivity contribution is -0.154. The minimum Gasteiger partial charge on any atom is -0.481 e. The summed E-state index contributed by atoms with van der Waals surface area (Å²) >= 11 is 0. The van der Waals surface area contributed by atoms with E-state index in [1.165, 1.54) is 0 Å². The number of carboxylic acid groups (broad SMARTS) is 2. The number of hydrogen-bond acceptors (Lipinski definition) is 2. The molecule has 0 rings (SSSR count). The van der Waals surface area contributed by atoms with Gasteiger partial charge in [-0.2, -0.15) is 0 Å². The number of aliphatic carboxylic acids is 2. The first-order valence-electron chi connectivity index (χ1n) is 6.85. The van der Waals surface area contributed by atoms with Gasteiger partial charge < -0.3 is 10.2 Å². The first kappa shape index (κ1) is 16.9.